The molecule has 0 aromatic heterocycles. The zero-order valence-corrected chi connectivity index (χ0v) is 10.8. The standard InChI is InChI=1S/C13H19N3O2/c1-10(2)15-6-7-16(13(15)17)12-5-3-4-11(8-12)9-14-18/h3-5,8,10,14,18H,6-7,9H2,1-2H3. The fraction of sp³-hybridized carbons (Fsp3) is 0.462. The van der Waals surface area contributed by atoms with Gasteiger partial charge in [0.1, 0.15) is 0 Å². The Balaban J connectivity index is 2.17. The molecule has 5 heteroatoms. The molecule has 0 atom stereocenters. The molecule has 0 aliphatic carbocycles. The summed E-state index contributed by atoms with van der Waals surface area (Å²) in [6.45, 7) is 5.90. The number of urea groups is 1. The smallest absolute Gasteiger partial charge is 0.320 e. The predicted molar refractivity (Wildman–Crippen MR) is 69.7 cm³/mol. The Labute approximate surface area is 107 Å². The van der Waals surface area contributed by atoms with Crippen molar-refractivity contribution in [2.24, 2.45) is 0 Å². The van der Waals surface area contributed by atoms with Gasteiger partial charge in [-0.05, 0) is 31.5 Å². The highest BCUT2D eigenvalue weighted by Gasteiger charge is 2.30. The molecule has 1 fully saturated rings. The monoisotopic (exact) mass is 249 g/mol. The van der Waals surface area contributed by atoms with Gasteiger partial charge < -0.3 is 10.1 Å². The van der Waals surface area contributed by atoms with Crippen molar-refractivity contribution in [3.05, 3.63) is 29.8 Å². The largest absolute Gasteiger partial charge is 0.324 e. The van der Waals surface area contributed by atoms with E-state index < -0.39 is 0 Å². The van der Waals surface area contributed by atoms with E-state index in [-0.39, 0.29) is 12.1 Å². The van der Waals surface area contributed by atoms with Crippen molar-refractivity contribution in [1.29, 1.82) is 0 Å². The van der Waals surface area contributed by atoms with E-state index in [4.69, 9.17) is 5.21 Å². The lowest BCUT2D eigenvalue weighted by Gasteiger charge is -2.22. The number of hydrogen-bond acceptors (Lipinski definition) is 3. The predicted octanol–water partition coefficient (Wildman–Crippen LogP) is 1.82. The Morgan fingerprint density at radius 1 is 1.39 bits per heavy atom. The van der Waals surface area contributed by atoms with Crippen molar-refractivity contribution in [2.75, 3.05) is 18.0 Å². The zero-order valence-electron chi connectivity index (χ0n) is 10.8. The van der Waals surface area contributed by atoms with Crippen LogP contribution in [0.4, 0.5) is 10.5 Å². The van der Waals surface area contributed by atoms with E-state index >= 15 is 0 Å². The summed E-state index contributed by atoms with van der Waals surface area (Å²) < 4.78 is 0. The molecule has 2 N–H and O–H groups in total. The summed E-state index contributed by atoms with van der Waals surface area (Å²) in [6.07, 6.45) is 0. The second-order valence-electron chi connectivity index (χ2n) is 4.73. The first-order chi connectivity index (χ1) is 8.63. The number of rotatable bonds is 4. The van der Waals surface area contributed by atoms with Gasteiger partial charge in [0.15, 0.2) is 0 Å². The third-order valence-electron chi connectivity index (χ3n) is 3.17. The van der Waals surface area contributed by atoms with E-state index in [1.807, 2.05) is 43.0 Å². The van der Waals surface area contributed by atoms with Gasteiger partial charge in [0.25, 0.3) is 0 Å². The van der Waals surface area contributed by atoms with Crippen LogP contribution < -0.4 is 10.4 Å². The third-order valence-corrected chi connectivity index (χ3v) is 3.17. The van der Waals surface area contributed by atoms with Crippen LogP contribution in [0.15, 0.2) is 24.3 Å². The van der Waals surface area contributed by atoms with Crippen LogP contribution in [0.25, 0.3) is 0 Å². The molecule has 1 aromatic carbocycles. The van der Waals surface area contributed by atoms with Gasteiger partial charge in [0.05, 0.1) is 0 Å². The van der Waals surface area contributed by atoms with E-state index in [1.54, 1.807) is 4.90 Å². The van der Waals surface area contributed by atoms with Crippen LogP contribution in [-0.2, 0) is 6.54 Å². The lowest BCUT2D eigenvalue weighted by Crippen LogP contribution is -2.36. The summed E-state index contributed by atoms with van der Waals surface area (Å²) in [5.41, 5.74) is 3.96. The van der Waals surface area contributed by atoms with Crippen molar-refractivity contribution in [3.8, 4) is 0 Å². The first kappa shape index (κ1) is 12.9. The Bertz CT molecular complexity index is 434. The maximum Gasteiger partial charge on any atom is 0.324 e. The first-order valence-electron chi connectivity index (χ1n) is 6.17. The molecule has 1 aliphatic heterocycles. The van der Waals surface area contributed by atoms with Gasteiger partial charge in [0.2, 0.25) is 0 Å². The summed E-state index contributed by atoms with van der Waals surface area (Å²) >= 11 is 0. The normalized spacial score (nSPS) is 15.9. The van der Waals surface area contributed by atoms with Crippen LogP contribution in [0.5, 0.6) is 0 Å². The van der Waals surface area contributed by atoms with Crippen molar-refractivity contribution in [3.63, 3.8) is 0 Å². The summed E-state index contributed by atoms with van der Waals surface area (Å²) in [7, 11) is 0. The highest BCUT2D eigenvalue weighted by molar-refractivity contribution is 5.94. The van der Waals surface area contributed by atoms with Gasteiger partial charge in [-0.3, -0.25) is 4.90 Å². The second kappa shape index (κ2) is 5.37. The summed E-state index contributed by atoms with van der Waals surface area (Å²) in [6, 6.07) is 7.93. The second-order valence-corrected chi connectivity index (χ2v) is 4.73. The van der Waals surface area contributed by atoms with E-state index in [9.17, 15) is 4.79 Å². The number of nitrogens with one attached hydrogen (secondary N) is 1. The number of carbonyl (C=O) groups excluding carboxylic acids is 1. The number of carbonyl (C=O) groups is 1. The number of amides is 2. The minimum Gasteiger partial charge on any atom is -0.320 e. The van der Waals surface area contributed by atoms with Crippen LogP contribution in [0.3, 0.4) is 0 Å². The third kappa shape index (κ3) is 2.47. The fourth-order valence-electron chi connectivity index (χ4n) is 2.20. The number of hydrogen-bond donors (Lipinski definition) is 2. The minimum atomic E-state index is 0.0547. The molecular formula is C13H19N3O2. The first-order valence-corrected chi connectivity index (χ1v) is 6.17. The molecule has 0 unspecified atom stereocenters. The lowest BCUT2D eigenvalue weighted by atomic mass is 10.2. The number of nitrogens with zero attached hydrogens (tertiary/aromatic N) is 2. The Morgan fingerprint density at radius 2 is 2.17 bits per heavy atom. The molecule has 1 aliphatic rings. The van der Waals surface area contributed by atoms with Crippen molar-refractivity contribution >= 4 is 11.7 Å². The molecule has 0 radical (unpaired) electrons. The summed E-state index contributed by atoms with van der Waals surface area (Å²) in [5.74, 6) is 0. The highest BCUT2D eigenvalue weighted by atomic mass is 16.5. The van der Waals surface area contributed by atoms with E-state index in [0.29, 0.717) is 13.1 Å². The Morgan fingerprint density at radius 3 is 2.78 bits per heavy atom. The van der Waals surface area contributed by atoms with Crippen LogP contribution >= 0.6 is 0 Å². The molecule has 1 aromatic rings. The van der Waals surface area contributed by atoms with E-state index in [0.717, 1.165) is 17.8 Å². The Hall–Kier alpha value is -1.59. The van der Waals surface area contributed by atoms with Gasteiger partial charge in [-0.1, -0.05) is 12.1 Å². The van der Waals surface area contributed by atoms with Crippen molar-refractivity contribution in [1.82, 2.24) is 10.4 Å². The molecule has 2 rings (SSSR count). The maximum absolute atomic E-state index is 12.2. The fourth-order valence-corrected chi connectivity index (χ4v) is 2.20. The number of benzene rings is 1. The summed E-state index contributed by atoms with van der Waals surface area (Å²) in [4.78, 5) is 15.8. The minimum absolute atomic E-state index is 0.0547. The summed E-state index contributed by atoms with van der Waals surface area (Å²) in [5, 5.41) is 8.70. The van der Waals surface area contributed by atoms with Crippen LogP contribution in [0, 0.1) is 0 Å². The van der Waals surface area contributed by atoms with Gasteiger partial charge in [-0.15, -0.1) is 0 Å². The molecule has 18 heavy (non-hydrogen) atoms. The molecule has 2 amide bonds. The quantitative estimate of drug-likeness (QED) is 0.800. The molecular weight excluding hydrogens is 230 g/mol. The zero-order chi connectivity index (χ0) is 13.1. The Kier molecular flexibility index (Phi) is 3.84. The average molecular weight is 249 g/mol. The topological polar surface area (TPSA) is 55.8 Å². The SMILES string of the molecule is CC(C)N1CCN(c2cccc(CNO)c2)C1=O. The molecule has 5 nitrogen and oxygen atoms in total. The van der Waals surface area contributed by atoms with Crippen LogP contribution in [0.1, 0.15) is 19.4 Å². The highest BCUT2D eigenvalue weighted by Crippen LogP contribution is 2.22. The van der Waals surface area contributed by atoms with Gasteiger partial charge in [-0.25, -0.2) is 10.3 Å². The van der Waals surface area contributed by atoms with Gasteiger partial charge >= 0.3 is 6.03 Å². The van der Waals surface area contributed by atoms with Crippen LogP contribution in [-0.4, -0.2) is 35.3 Å². The number of anilines is 1. The van der Waals surface area contributed by atoms with Crippen molar-refractivity contribution in [2.45, 2.75) is 26.4 Å². The molecule has 0 saturated carbocycles. The van der Waals surface area contributed by atoms with E-state index in [2.05, 4.69) is 5.48 Å². The lowest BCUT2D eigenvalue weighted by molar-refractivity contribution is 0.161. The van der Waals surface area contributed by atoms with E-state index in [1.165, 1.54) is 0 Å². The molecule has 1 saturated heterocycles. The molecule has 0 spiro atoms. The average Bonchev–Trinajstić information content (AvgIpc) is 2.72. The molecule has 0 bridgehead atoms. The van der Waals surface area contributed by atoms with Crippen LogP contribution in [0.2, 0.25) is 0 Å². The van der Waals surface area contributed by atoms with Gasteiger partial charge in [-0.2, -0.15) is 0 Å². The van der Waals surface area contributed by atoms with Crippen molar-refractivity contribution < 1.29 is 10.0 Å². The molecule has 98 valence electrons. The number of hydroxylamine groups is 1. The molecule has 1 heterocycles. The maximum atomic E-state index is 12.2. The van der Waals surface area contributed by atoms with Gasteiger partial charge in [0, 0.05) is 31.4 Å².